The van der Waals surface area contributed by atoms with Gasteiger partial charge in [-0.3, -0.25) is 4.79 Å². The second kappa shape index (κ2) is 13.4. The number of nitrogens with one attached hydrogen (secondary N) is 2. The monoisotopic (exact) mass is 460 g/mol. The summed E-state index contributed by atoms with van der Waals surface area (Å²) in [7, 11) is 1.31. The van der Waals surface area contributed by atoms with Gasteiger partial charge in [0.25, 0.3) is 0 Å². The van der Waals surface area contributed by atoms with Crippen LogP contribution in [0.15, 0.2) is 24.3 Å². The molecule has 0 aliphatic carbocycles. The second-order valence-corrected chi connectivity index (χ2v) is 8.12. The lowest BCUT2D eigenvalue weighted by atomic mass is 10.0. The number of benzene rings is 1. The Labute approximate surface area is 194 Å². The van der Waals surface area contributed by atoms with Gasteiger partial charge in [-0.25, -0.2) is 9.59 Å². The van der Waals surface area contributed by atoms with Crippen LogP contribution >= 0.6 is 0 Å². The van der Waals surface area contributed by atoms with Crippen LogP contribution in [0, 0.1) is 17.2 Å². The Morgan fingerprint density at radius 2 is 1.82 bits per heavy atom. The predicted molar refractivity (Wildman–Crippen MR) is 119 cm³/mol. The van der Waals surface area contributed by atoms with Gasteiger partial charge in [-0.15, -0.1) is 0 Å². The van der Waals surface area contributed by atoms with Crippen molar-refractivity contribution in [3.63, 3.8) is 0 Å². The number of hydrogen-bond donors (Lipinski definition) is 2. The fraction of sp³-hybridized carbons (Fsp3) is 0.565. The number of esters is 1. The predicted octanol–water partition coefficient (Wildman–Crippen LogP) is 1.45. The lowest BCUT2D eigenvalue weighted by Crippen LogP contribution is -2.55. The van der Waals surface area contributed by atoms with Crippen molar-refractivity contribution < 1.29 is 28.6 Å². The van der Waals surface area contributed by atoms with Crippen LogP contribution in [0.2, 0.25) is 0 Å². The number of carbonyl (C=O) groups excluding carboxylic acids is 3. The molecule has 33 heavy (non-hydrogen) atoms. The van der Waals surface area contributed by atoms with Crippen molar-refractivity contribution in [3.8, 4) is 6.07 Å². The zero-order chi connectivity index (χ0) is 24.2. The minimum Gasteiger partial charge on any atom is -0.465 e. The fourth-order valence-corrected chi connectivity index (χ4v) is 3.24. The van der Waals surface area contributed by atoms with Crippen molar-refractivity contribution >= 4 is 17.9 Å². The minimum absolute atomic E-state index is 0.0210. The largest absolute Gasteiger partial charge is 0.465 e. The summed E-state index contributed by atoms with van der Waals surface area (Å²) in [5, 5.41) is 14.9. The first-order valence-corrected chi connectivity index (χ1v) is 10.9. The molecule has 1 aliphatic rings. The molecule has 1 heterocycles. The number of morpholine rings is 1. The van der Waals surface area contributed by atoms with Gasteiger partial charge >= 0.3 is 12.0 Å². The molecular formula is C23H32N4O6. The van der Waals surface area contributed by atoms with Gasteiger partial charge in [0.15, 0.2) is 0 Å². The van der Waals surface area contributed by atoms with E-state index in [0.717, 1.165) is 5.56 Å². The lowest BCUT2D eigenvalue weighted by molar-refractivity contribution is -0.124. The van der Waals surface area contributed by atoms with Gasteiger partial charge in [0.2, 0.25) is 5.91 Å². The highest BCUT2D eigenvalue weighted by atomic mass is 16.5. The highest BCUT2D eigenvalue weighted by Crippen LogP contribution is 2.09. The molecule has 2 rings (SSSR count). The van der Waals surface area contributed by atoms with Crippen LogP contribution < -0.4 is 10.6 Å². The second-order valence-electron chi connectivity index (χ2n) is 8.12. The number of nitriles is 1. The number of rotatable bonds is 10. The van der Waals surface area contributed by atoms with Crippen LogP contribution in [0.1, 0.15) is 36.2 Å². The Bertz CT molecular complexity index is 830. The van der Waals surface area contributed by atoms with E-state index in [1.54, 1.807) is 29.2 Å². The molecule has 1 saturated heterocycles. The van der Waals surface area contributed by atoms with Crippen molar-refractivity contribution in [1.29, 1.82) is 5.26 Å². The molecule has 10 heteroatoms. The standard InChI is InChI=1S/C23H32N4O6/c1-16(2)12-20(26-23(30)27-8-10-32-11-9-27)21(28)25-19(13-24)15-33-14-17-4-6-18(7-5-17)22(29)31-3/h4-7,16,19-20H,8-12,14-15H2,1-3H3,(H,25,28)(H,26,30). The summed E-state index contributed by atoms with van der Waals surface area (Å²) in [4.78, 5) is 38.4. The van der Waals surface area contributed by atoms with E-state index >= 15 is 0 Å². The Morgan fingerprint density at radius 1 is 1.15 bits per heavy atom. The number of hydrogen-bond acceptors (Lipinski definition) is 7. The zero-order valence-electron chi connectivity index (χ0n) is 19.3. The summed E-state index contributed by atoms with van der Waals surface area (Å²) in [5.41, 5.74) is 1.24. The molecule has 0 bridgehead atoms. The van der Waals surface area contributed by atoms with Crippen molar-refractivity contribution in [3.05, 3.63) is 35.4 Å². The third-order valence-electron chi connectivity index (χ3n) is 5.02. The van der Waals surface area contributed by atoms with Gasteiger partial charge in [-0.1, -0.05) is 26.0 Å². The third kappa shape index (κ3) is 8.71. The van der Waals surface area contributed by atoms with E-state index in [1.165, 1.54) is 7.11 Å². The number of methoxy groups -OCH3 is 1. The van der Waals surface area contributed by atoms with Crippen LogP contribution in [0.4, 0.5) is 4.79 Å². The van der Waals surface area contributed by atoms with Crippen molar-refractivity contribution in [2.75, 3.05) is 40.0 Å². The van der Waals surface area contributed by atoms with Crippen LogP contribution in [-0.2, 0) is 25.6 Å². The molecule has 180 valence electrons. The van der Waals surface area contributed by atoms with E-state index in [-0.39, 0.29) is 25.2 Å². The van der Waals surface area contributed by atoms with Crippen LogP contribution in [0.3, 0.4) is 0 Å². The summed E-state index contributed by atoms with van der Waals surface area (Å²) in [6.07, 6.45) is 0.438. The smallest absolute Gasteiger partial charge is 0.337 e. The Kier molecular flexibility index (Phi) is 10.6. The molecule has 1 aromatic rings. The topological polar surface area (TPSA) is 130 Å². The van der Waals surface area contributed by atoms with Crippen molar-refractivity contribution in [2.24, 2.45) is 5.92 Å². The molecule has 2 unspecified atom stereocenters. The van der Waals surface area contributed by atoms with Gasteiger partial charge in [-0.2, -0.15) is 5.26 Å². The molecule has 1 aromatic carbocycles. The average molecular weight is 461 g/mol. The zero-order valence-corrected chi connectivity index (χ0v) is 19.3. The lowest BCUT2D eigenvalue weighted by Gasteiger charge is -2.29. The van der Waals surface area contributed by atoms with Crippen LogP contribution in [0.5, 0.6) is 0 Å². The van der Waals surface area contributed by atoms with E-state index in [0.29, 0.717) is 38.3 Å². The first-order valence-electron chi connectivity index (χ1n) is 10.9. The van der Waals surface area contributed by atoms with E-state index < -0.39 is 24.0 Å². The molecule has 2 N–H and O–H groups in total. The summed E-state index contributed by atoms with van der Waals surface area (Å²) in [6, 6.07) is 6.77. The molecule has 0 saturated carbocycles. The quantitative estimate of drug-likeness (QED) is 0.506. The molecule has 0 radical (unpaired) electrons. The first-order chi connectivity index (χ1) is 15.8. The Balaban J connectivity index is 1.87. The summed E-state index contributed by atoms with van der Waals surface area (Å²) < 4.78 is 15.5. The number of nitrogens with zero attached hydrogens (tertiary/aromatic N) is 2. The molecule has 0 aromatic heterocycles. The molecular weight excluding hydrogens is 428 g/mol. The van der Waals surface area contributed by atoms with Crippen molar-refractivity contribution in [2.45, 2.75) is 39.0 Å². The Hall–Kier alpha value is -3.16. The van der Waals surface area contributed by atoms with E-state index in [4.69, 9.17) is 9.47 Å². The summed E-state index contributed by atoms with van der Waals surface area (Å²) in [6.45, 7) is 5.97. The number of urea groups is 1. The highest BCUT2D eigenvalue weighted by Gasteiger charge is 2.27. The number of amides is 3. The summed E-state index contributed by atoms with van der Waals surface area (Å²) >= 11 is 0. The minimum atomic E-state index is -0.873. The fourth-order valence-electron chi connectivity index (χ4n) is 3.24. The molecule has 3 amide bonds. The van der Waals surface area contributed by atoms with Crippen LogP contribution in [-0.4, -0.2) is 74.9 Å². The summed E-state index contributed by atoms with van der Waals surface area (Å²) in [5.74, 6) is -0.690. The van der Waals surface area contributed by atoms with Gasteiger partial charge in [0, 0.05) is 13.1 Å². The normalized spacial score (nSPS) is 15.3. The molecule has 0 spiro atoms. The first kappa shape index (κ1) is 26.1. The van der Waals surface area contributed by atoms with E-state index in [9.17, 15) is 19.6 Å². The Morgan fingerprint density at radius 3 is 2.39 bits per heavy atom. The van der Waals surface area contributed by atoms with Gasteiger partial charge < -0.3 is 29.7 Å². The maximum atomic E-state index is 12.8. The molecule has 1 fully saturated rings. The number of ether oxygens (including phenoxy) is 3. The van der Waals surface area contributed by atoms with E-state index in [2.05, 4.69) is 15.4 Å². The van der Waals surface area contributed by atoms with Gasteiger partial charge in [-0.05, 0) is 30.0 Å². The SMILES string of the molecule is COC(=O)c1ccc(COCC(C#N)NC(=O)C(CC(C)C)NC(=O)N2CCOCC2)cc1. The maximum absolute atomic E-state index is 12.8. The van der Waals surface area contributed by atoms with Gasteiger partial charge in [0.1, 0.15) is 12.1 Å². The maximum Gasteiger partial charge on any atom is 0.337 e. The van der Waals surface area contributed by atoms with Crippen molar-refractivity contribution in [1.82, 2.24) is 15.5 Å². The molecule has 1 aliphatic heterocycles. The third-order valence-corrected chi connectivity index (χ3v) is 5.02. The van der Waals surface area contributed by atoms with E-state index in [1.807, 2.05) is 19.9 Å². The average Bonchev–Trinajstić information content (AvgIpc) is 2.83. The molecule has 2 atom stereocenters. The highest BCUT2D eigenvalue weighted by molar-refractivity contribution is 5.89. The van der Waals surface area contributed by atoms with Crippen LogP contribution in [0.25, 0.3) is 0 Å². The molecule has 10 nitrogen and oxygen atoms in total. The number of carbonyl (C=O) groups is 3. The van der Waals surface area contributed by atoms with Gasteiger partial charge in [0.05, 0.1) is 45.2 Å².